The van der Waals surface area contributed by atoms with E-state index in [1.54, 1.807) is 18.2 Å². The molecule has 0 aliphatic heterocycles. The van der Waals surface area contributed by atoms with Gasteiger partial charge in [-0.3, -0.25) is 0 Å². The smallest absolute Gasteiger partial charge is 0.335 e. The molecule has 4 heteroatoms. The number of phenols is 1. The van der Waals surface area contributed by atoms with Crippen molar-refractivity contribution in [3.8, 4) is 5.75 Å². The van der Waals surface area contributed by atoms with E-state index in [1.807, 2.05) is 0 Å². The molecule has 0 saturated heterocycles. The Morgan fingerprint density at radius 1 is 1.20 bits per heavy atom. The first-order chi connectivity index (χ1) is 7.08. The number of aromatic hydroxyl groups is 1. The van der Waals surface area contributed by atoms with E-state index in [-0.39, 0.29) is 11.3 Å². The van der Waals surface area contributed by atoms with Gasteiger partial charge in [0.05, 0.1) is 5.56 Å². The van der Waals surface area contributed by atoms with Gasteiger partial charge in [0.1, 0.15) is 5.75 Å². The summed E-state index contributed by atoms with van der Waals surface area (Å²) in [6.07, 6.45) is 0. The average Bonchev–Trinajstić information content (AvgIpc) is 2.16. The highest BCUT2D eigenvalue weighted by molar-refractivity contribution is 9.10. The molecular formula is C11H7BrO3. The topological polar surface area (TPSA) is 57.5 Å². The number of phenolic OH excluding ortho intramolecular Hbond substituents is 1. The quantitative estimate of drug-likeness (QED) is 0.834. The summed E-state index contributed by atoms with van der Waals surface area (Å²) in [6.45, 7) is 0. The normalized spacial score (nSPS) is 10.5. The number of carboxylic acid groups (broad SMARTS) is 1. The van der Waals surface area contributed by atoms with Gasteiger partial charge in [0.15, 0.2) is 0 Å². The minimum atomic E-state index is -0.961. The van der Waals surface area contributed by atoms with E-state index < -0.39 is 5.97 Å². The maximum absolute atomic E-state index is 10.8. The molecule has 15 heavy (non-hydrogen) atoms. The van der Waals surface area contributed by atoms with Crippen molar-refractivity contribution in [1.29, 1.82) is 0 Å². The van der Waals surface area contributed by atoms with Gasteiger partial charge in [-0.1, -0.05) is 22.0 Å². The highest BCUT2D eigenvalue weighted by atomic mass is 79.9. The van der Waals surface area contributed by atoms with Gasteiger partial charge in [-0.15, -0.1) is 0 Å². The Kier molecular flexibility index (Phi) is 2.36. The highest BCUT2D eigenvalue weighted by Gasteiger charge is 2.06. The number of carboxylic acids is 1. The molecule has 0 heterocycles. The third kappa shape index (κ3) is 1.80. The second-order valence-corrected chi connectivity index (χ2v) is 4.02. The van der Waals surface area contributed by atoms with Crippen molar-refractivity contribution >= 4 is 32.7 Å². The van der Waals surface area contributed by atoms with Crippen LogP contribution in [0.3, 0.4) is 0 Å². The van der Waals surface area contributed by atoms with Crippen LogP contribution in [0.4, 0.5) is 0 Å². The van der Waals surface area contributed by atoms with Gasteiger partial charge >= 0.3 is 5.97 Å². The fraction of sp³-hybridized carbons (Fsp3) is 0. The molecule has 0 aliphatic carbocycles. The fourth-order valence-electron chi connectivity index (χ4n) is 1.43. The number of carbonyl (C=O) groups is 1. The molecule has 0 unspecified atom stereocenters. The lowest BCUT2D eigenvalue weighted by Crippen LogP contribution is -1.95. The number of aromatic carboxylic acids is 1. The molecule has 76 valence electrons. The number of rotatable bonds is 1. The van der Waals surface area contributed by atoms with Crippen molar-refractivity contribution in [1.82, 2.24) is 0 Å². The molecule has 0 spiro atoms. The molecule has 0 radical (unpaired) electrons. The molecule has 2 aromatic carbocycles. The first-order valence-electron chi connectivity index (χ1n) is 4.23. The van der Waals surface area contributed by atoms with Crippen molar-refractivity contribution in [2.75, 3.05) is 0 Å². The summed E-state index contributed by atoms with van der Waals surface area (Å²) < 4.78 is 0.681. The third-order valence-corrected chi connectivity index (χ3v) is 2.79. The first kappa shape index (κ1) is 9.98. The van der Waals surface area contributed by atoms with Crippen molar-refractivity contribution < 1.29 is 15.0 Å². The Balaban J connectivity index is 2.76. The van der Waals surface area contributed by atoms with Crippen LogP contribution >= 0.6 is 15.9 Å². The van der Waals surface area contributed by atoms with E-state index in [4.69, 9.17) is 5.11 Å². The van der Waals surface area contributed by atoms with E-state index in [0.29, 0.717) is 4.47 Å². The summed E-state index contributed by atoms with van der Waals surface area (Å²) in [5.74, 6) is -0.811. The zero-order chi connectivity index (χ0) is 11.0. The van der Waals surface area contributed by atoms with Gasteiger partial charge in [-0.2, -0.15) is 0 Å². The van der Waals surface area contributed by atoms with E-state index in [1.165, 1.54) is 12.1 Å². The summed E-state index contributed by atoms with van der Waals surface area (Å²) in [4.78, 5) is 10.8. The van der Waals surface area contributed by atoms with Gasteiger partial charge in [0.2, 0.25) is 0 Å². The summed E-state index contributed by atoms with van der Waals surface area (Å²) in [7, 11) is 0. The fourth-order valence-corrected chi connectivity index (χ4v) is 2.01. The molecule has 0 aliphatic rings. The largest absolute Gasteiger partial charge is 0.508 e. The molecule has 0 bridgehead atoms. The van der Waals surface area contributed by atoms with E-state index in [0.717, 1.165) is 10.8 Å². The molecule has 0 fully saturated rings. The molecule has 2 N–H and O–H groups in total. The zero-order valence-corrected chi connectivity index (χ0v) is 9.15. The minimum absolute atomic E-state index is 0.150. The number of halogens is 1. The van der Waals surface area contributed by atoms with E-state index in [9.17, 15) is 9.90 Å². The minimum Gasteiger partial charge on any atom is -0.508 e. The van der Waals surface area contributed by atoms with Gasteiger partial charge in [-0.25, -0.2) is 4.79 Å². The number of hydrogen-bond donors (Lipinski definition) is 2. The number of benzene rings is 2. The summed E-state index contributed by atoms with van der Waals surface area (Å²) >= 11 is 3.28. The Morgan fingerprint density at radius 2 is 1.93 bits per heavy atom. The van der Waals surface area contributed by atoms with Crippen LogP contribution in [-0.4, -0.2) is 16.2 Å². The first-order valence-corrected chi connectivity index (χ1v) is 5.03. The van der Waals surface area contributed by atoms with Crippen LogP contribution in [0.15, 0.2) is 34.8 Å². The molecule has 0 saturated carbocycles. The van der Waals surface area contributed by atoms with Crippen LogP contribution in [0.25, 0.3) is 10.8 Å². The molecule has 2 aromatic rings. The number of hydrogen-bond acceptors (Lipinski definition) is 2. The lowest BCUT2D eigenvalue weighted by molar-refractivity contribution is 0.0697. The van der Waals surface area contributed by atoms with Crippen molar-refractivity contribution in [2.45, 2.75) is 0 Å². The summed E-state index contributed by atoms with van der Waals surface area (Å²) in [5, 5.41) is 19.7. The van der Waals surface area contributed by atoms with Gasteiger partial charge < -0.3 is 10.2 Å². The third-order valence-electron chi connectivity index (χ3n) is 2.14. The Hall–Kier alpha value is -1.55. The van der Waals surface area contributed by atoms with Crippen molar-refractivity contribution in [3.63, 3.8) is 0 Å². The van der Waals surface area contributed by atoms with Crippen molar-refractivity contribution in [2.24, 2.45) is 0 Å². The molecule has 3 nitrogen and oxygen atoms in total. The summed E-state index contributed by atoms with van der Waals surface area (Å²) in [5.41, 5.74) is 0.230. The predicted octanol–water partition coefficient (Wildman–Crippen LogP) is 3.01. The Morgan fingerprint density at radius 3 is 2.60 bits per heavy atom. The van der Waals surface area contributed by atoms with Crippen LogP contribution in [0.5, 0.6) is 5.75 Å². The Labute approximate surface area is 94.1 Å². The van der Waals surface area contributed by atoms with Crippen LogP contribution in [0.1, 0.15) is 10.4 Å². The van der Waals surface area contributed by atoms with Crippen LogP contribution in [0.2, 0.25) is 0 Å². The maximum Gasteiger partial charge on any atom is 0.335 e. The van der Waals surface area contributed by atoms with Gasteiger partial charge in [0.25, 0.3) is 0 Å². The second-order valence-electron chi connectivity index (χ2n) is 3.17. The zero-order valence-electron chi connectivity index (χ0n) is 7.57. The lowest BCUT2D eigenvalue weighted by atomic mass is 10.1. The number of fused-ring (bicyclic) bond motifs is 1. The standard InChI is InChI=1S/C11H7BrO3/c12-10-5-8(13)3-6-1-2-7(11(14)15)4-9(6)10/h1-5,13H,(H,14,15). The molecule has 0 amide bonds. The second kappa shape index (κ2) is 3.55. The molecular weight excluding hydrogens is 260 g/mol. The van der Waals surface area contributed by atoms with Crippen LogP contribution < -0.4 is 0 Å². The summed E-state index contributed by atoms with van der Waals surface area (Å²) in [6, 6.07) is 7.88. The van der Waals surface area contributed by atoms with Crippen molar-refractivity contribution in [3.05, 3.63) is 40.4 Å². The average molecular weight is 267 g/mol. The molecule has 2 rings (SSSR count). The Bertz CT molecular complexity index is 549. The lowest BCUT2D eigenvalue weighted by Gasteiger charge is -2.03. The van der Waals surface area contributed by atoms with E-state index >= 15 is 0 Å². The van der Waals surface area contributed by atoms with E-state index in [2.05, 4.69) is 15.9 Å². The predicted molar refractivity (Wildman–Crippen MR) is 60.3 cm³/mol. The molecule has 0 atom stereocenters. The monoisotopic (exact) mass is 266 g/mol. The van der Waals surface area contributed by atoms with Crippen LogP contribution in [0, 0.1) is 0 Å². The SMILES string of the molecule is O=C(O)c1ccc2cc(O)cc(Br)c2c1. The molecule has 0 aromatic heterocycles. The van der Waals surface area contributed by atoms with Crippen LogP contribution in [-0.2, 0) is 0 Å². The maximum atomic E-state index is 10.8. The highest BCUT2D eigenvalue weighted by Crippen LogP contribution is 2.29. The van der Waals surface area contributed by atoms with Gasteiger partial charge in [-0.05, 0) is 35.0 Å². The van der Waals surface area contributed by atoms with Gasteiger partial charge in [0, 0.05) is 4.47 Å².